The largest absolute Gasteiger partial charge is 0.397 e. The van der Waals surface area contributed by atoms with Gasteiger partial charge >= 0.3 is 0 Å². The maximum absolute atomic E-state index is 11.7. The van der Waals surface area contributed by atoms with E-state index in [1.165, 1.54) is 11.3 Å². The van der Waals surface area contributed by atoms with Crippen LogP contribution >= 0.6 is 11.3 Å². The Labute approximate surface area is 105 Å². The maximum Gasteiger partial charge on any atom is 0.263 e. The fraction of sp³-hybridized carbons (Fsp3) is 0.250. The van der Waals surface area contributed by atoms with Gasteiger partial charge < -0.3 is 16.4 Å². The van der Waals surface area contributed by atoms with E-state index >= 15 is 0 Å². The smallest absolute Gasteiger partial charge is 0.263 e. The Bertz CT molecular complexity index is 437. The van der Waals surface area contributed by atoms with Crippen LogP contribution in [0.25, 0.3) is 0 Å². The van der Waals surface area contributed by atoms with Crippen molar-refractivity contribution < 1.29 is 4.79 Å². The van der Waals surface area contributed by atoms with Crippen LogP contribution in [0.4, 0.5) is 10.7 Å². The number of rotatable bonds is 6. The summed E-state index contributed by atoms with van der Waals surface area (Å²) in [6.45, 7) is 10.4. The van der Waals surface area contributed by atoms with Gasteiger partial charge in [0.25, 0.3) is 5.91 Å². The summed E-state index contributed by atoms with van der Waals surface area (Å²) in [4.78, 5) is 12.2. The molecule has 0 aliphatic rings. The number of thiophene rings is 1. The highest BCUT2D eigenvalue weighted by Gasteiger charge is 2.13. The molecule has 1 heterocycles. The molecule has 4 N–H and O–H groups in total. The first-order chi connectivity index (χ1) is 8.04. The summed E-state index contributed by atoms with van der Waals surface area (Å²) in [6.07, 6.45) is 1.63. The van der Waals surface area contributed by atoms with Gasteiger partial charge in [0.05, 0.1) is 10.7 Å². The average Bonchev–Trinajstić information content (AvgIpc) is 2.65. The summed E-state index contributed by atoms with van der Waals surface area (Å²) in [5.41, 5.74) is 7.29. The van der Waals surface area contributed by atoms with Gasteiger partial charge in [0.15, 0.2) is 0 Å². The highest BCUT2D eigenvalue weighted by atomic mass is 32.1. The number of hydrogen-bond donors (Lipinski definition) is 3. The summed E-state index contributed by atoms with van der Waals surface area (Å²) < 4.78 is 0. The molecule has 5 heteroatoms. The third-order valence-corrected chi connectivity index (χ3v) is 3.05. The first-order valence-electron chi connectivity index (χ1n) is 5.21. The van der Waals surface area contributed by atoms with Crippen molar-refractivity contribution in [1.29, 1.82) is 0 Å². The number of nitrogen functional groups attached to an aromatic ring is 1. The van der Waals surface area contributed by atoms with Crippen LogP contribution in [0.1, 0.15) is 16.6 Å². The van der Waals surface area contributed by atoms with Crippen LogP contribution in [0.3, 0.4) is 0 Å². The third-order valence-electron chi connectivity index (χ3n) is 1.94. The Kier molecular flexibility index (Phi) is 4.78. The van der Waals surface area contributed by atoms with Crippen molar-refractivity contribution >= 4 is 27.9 Å². The molecule has 1 aromatic heterocycles. The van der Waals surface area contributed by atoms with Gasteiger partial charge in [-0.15, -0.1) is 17.9 Å². The molecule has 92 valence electrons. The third kappa shape index (κ3) is 3.96. The molecule has 0 saturated carbocycles. The van der Waals surface area contributed by atoms with Crippen molar-refractivity contribution in [2.75, 3.05) is 24.1 Å². The van der Waals surface area contributed by atoms with E-state index in [1.807, 2.05) is 6.92 Å². The lowest BCUT2D eigenvalue weighted by molar-refractivity contribution is 0.0963. The second kappa shape index (κ2) is 6.10. The van der Waals surface area contributed by atoms with E-state index in [0.29, 0.717) is 23.7 Å². The van der Waals surface area contributed by atoms with Crippen LogP contribution in [0.5, 0.6) is 0 Å². The quantitative estimate of drug-likeness (QED) is 0.679. The highest BCUT2D eigenvalue weighted by Crippen LogP contribution is 2.29. The Morgan fingerprint density at radius 3 is 2.94 bits per heavy atom. The highest BCUT2D eigenvalue weighted by molar-refractivity contribution is 7.18. The normalized spacial score (nSPS) is 9.71. The molecule has 0 aliphatic heterocycles. The number of amides is 1. The molecule has 0 aromatic carbocycles. The fourth-order valence-corrected chi connectivity index (χ4v) is 2.04. The van der Waals surface area contributed by atoms with Gasteiger partial charge in [-0.3, -0.25) is 4.79 Å². The standard InChI is InChI=1S/C12H17N3OS/c1-4-5-14-12(16)11-9(13)6-10(17-11)15-7-8(2)3/h4,6,15H,1-2,5,7,13H2,3H3,(H,14,16). The van der Waals surface area contributed by atoms with Crippen molar-refractivity contribution in [2.24, 2.45) is 0 Å². The van der Waals surface area contributed by atoms with E-state index in [-0.39, 0.29) is 5.91 Å². The zero-order valence-corrected chi connectivity index (χ0v) is 10.7. The molecule has 0 bridgehead atoms. The Balaban J connectivity index is 2.70. The van der Waals surface area contributed by atoms with E-state index in [2.05, 4.69) is 23.8 Å². The summed E-state index contributed by atoms with van der Waals surface area (Å²) in [6, 6.07) is 1.76. The minimum Gasteiger partial charge on any atom is -0.397 e. The molecule has 0 aliphatic carbocycles. The van der Waals surface area contributed by atoms with Crippen molar-refractivity contribution in [1.82, 2.24) is 5.32 Å². The number of carbonyl (C=O) groups is 1. The van der Waals surface area contributed by atoms with Crippen LogP contribution in [0.2, 0.25) is 0 Å². The lowest BCUT2D eigenvalue weighted by atomic mass is 10.3. The first-order valence-corrected chi connectivity index (χ1v) is 6.03. The van der Waals surface area contributed by atoms with Gasteiger partial charge in [-0.25, -0.2) is 0 Å². The Morgan fingerprint density at radius 1 is 1.65 bits per heavy atom. The van der Waals surface area contributed by atoms with Gasteiger partial charge in [-0.05, 0) is 13.0 Å². The zero-order chi connectivity index (χ0) is 12.8. The van der Waals surface area contributed by atoms with E-state index in [0.717, 1.165) is 10.6 Å². The second-order valence-electron chi connectivity index (χ2n) is 3.70. The molecule has 1 rings (SSSR count). The molecule has 17 heavy (non-hydrogen) atoms. The molecular formula is C12H17N3OS. The molecule has 0 saturated heterocycles. The molecule has 0 fully saturated rings. The fourth-order valence-electron chi connectivity index (χ4n) is 1.15. The van der Waals surface area contributed by atoms with Crippen LogP contribution in [-0.2, 0) is 0 Å². The van der Waals surface area contributed by atoms with E-state index < -0.39 is 0 Å². The minimum atomic E-state index is -0.171. The lowest BCUT2D eigenvalue weighted by Gasteiger charge is -2.01. The average molecular weight is 251 g/mol. The summed E-state index contributed by atoms with van der Waals surface area (Å²) in [5, 5.41) is 6.72. The molecule has 1 amide bonds. The van der Waals surface area contributed by atoms with Crippen molar-refractivity contribution in [3.63, 3.8) is 0 Å². The first kappa shape index (κ1) is 13.3. The van der Waals surface area contributed by atoms with Crippen molar-refractivity contribution in [3.8, 4) is 0 Å². The van der Waals surface area contributed by atoms with Gasteiger partial charge in [-0.1, -0.05) is 18.2 Å². The van der Waals surface area contributed by atoms with E-state index in [1.54, 1.807) is 12.1 Å². The Hall–Kier alpha value is -1.75. The van der Waals surface area contributed by atoms with Crippen LogP contribution in [-0.4, -0.2) is 19.0 Å². The molecule has 0 unspecified atom stereocenters. The van der Waals surface area contributed by atoms with Crippen LogP contribution in [0.15, 0.2) is 30.9 Å². The molecule has 1 aromatic rings. The SMILES string of the molecule is C=CCNC(=O)c1sc(NCC(=C)C)cc1N. The van der Waals surface area contributed by atoms with Gasteiger partial charge in [0.2, 0.25) is 0 Å². The number of anilines is 2. The topological polar surface area (TPSA) is 67.2 Å². The van der Waals surface area contributed by atoms with Crippen LogP contribution < -0.4 is 16.4 Å². The predicted molar refractivity (Wildman–Crippen MR) is 74.6 cm³/mol. The van der Waals surface area contributed by atoms with Crippen molar-refractivity contribution in [2.45, 2.75) is 6.92 Å². The molecule has 0 spiro atoms. The van der Waals surface area contributed by atoms with Gasteiger partial charge in [-0.2, -0.15) is 0 Å². The molecule has 0 atom stereocenters. The lowest BCUT2D eigenvalue weighted by Crippen LogP contribution is -2.22. The van der Waals surface area contributed by atoms with E-state index in [4.69, 9.17) is 5.73 Å². The zero-order valence-electron chi connectivity index (χ0n) is 9.88. The summed E-state index contributed by atoms with van der Waals surface area (Å²) in [5.74, 6) is -0.171. The minimum absolute atomic E-state index is 0.171. The number of nitrogens with two attached hydrogens (primary N) is 1. The van der Waals surface area contributed by atoms with Gasteiger partial charge in [0, 0.05) is 13.1 Å². The van der Waals surface area contributed by atoms with Crippen LogP contribution in [0, 0.1) is 0 Å². The summed E-state index contributed by atoms with van der Waals surface area (Å²) >= 11 is 1.34. The number of carbonyl (C=O) groups excluding carboxylic acids is 1. The number of hydrogen-bond acceptors (Lipinski definition) is 4. The molecule has 4 nitrogen and oxygen atoms in total. The summed E-state index contributed by atoms with van der Waals surface area (Å²) in [7, 11) is 0. The van der Waals surface area contributed by atoms with Crippen molar-refractivity contribution in [3.05, 3.63) is 35.8 Å². The molecule has 0 radical (unpaired) electrons. The van der Waals surface area contributed by atoms with E-state index in [9.17, 15) is 4.79 Å². The predicted octanol–water partition coefficient (Wildman–Crippen LogP) is 2.23. The monoisotopic (exact) mass is 251 g/mol. The Morgan fingerprint density at radius 2 is 2.35 bits per heavy atom. The van der Waals surface area contributed by atoms with Gasteiger partial charge in [0.1, 0.15) is 4.88 Å². The number of nitrogens with one attached hydrogen (secondary N) is 2. The second-order valence-corrected chi connectivity index (χ2v) is 4.76. The molecular weight excluding hydrogens is 234 g/mol. The maximum atomic E-state index is 11.7.